The first-order valence-corrected chi connectivity index (χ1v) is 4.86. The maximum Gasteiger partial charge on any atom is 0.140 e. The lowest BCUT2D eigenvalue weighted by Gasteiger charge is -2.18. The largest absolute Gasteiger partial charge is 0.409 e. The van der Waals surface area contributed by atoms with Crippen molar-refractivity contribution in [2.75, 3.05) is 13.7 Å². The molecule has 4 N–H and O–H groups in total. The molecule has 0 rings (SSSR count). The Labute approximate surface area is 85.3 Å². The van der Waals surface area contributed by atoms with Crippen molar-refractivity contribution in [3.05, 3.63) is 0 Å². The minimum absolute atomic E-state index is 0.177. The first kappa shape index (κ1) is 13.2. The van der Waals surface area contributed by atoms with Gasteiger partial charge in [0.2, 0.25) is 0 Å². The van der Waals surface area contributed by atoms with E-state index in [1.165, 1.54) is 0 Å². The summed E-state index contributed by atoms with van der Waals surface area (Å²) < 4.78 is 5.10. The molecule has 0 saturated carbocycles. The third-order valence-corrected chi connectivity index (χ3v) is 2.17. The van der Waals surface area contributed by atoms with E-state index in [9.17, 15) is 0 Å². The van der Waals surface area contributed by atoms with Crippen LogP contribution in [0, 0.1) is 0 Å². The summed E-state index contributed by atoms with van der Waals surface area (Å²) >= 11 is 0. The number of nitrogens with zero attached hydrogens (tertiary/aromatic N) is 1. The number of hydrogen-bond acceptors (Lipinski definition) is 4. The summed E-state index contributed by atoms with van der Waals surface area (Å²) in [4.78, 5) is 0. The monoisotopic (exact) mass is 203 g/mol. The molecular formula is C9H21N3O2. The van der Waals surface area contributed by atoms with Gasteiger partial charge in [0, 0.05) is 26.1 Å². The molecule has 0 spiro atoms. The van der Waals surface area contributed by atoms with Crippen LogP contribution in [0.5, 0.6) is 0 Å². The van der Waals surface area contributed by atoms with Crippen molar-refractivity contribution in [2.45, 2.75) is 38.8 Å². The zero-order chi connectivity index (χ0) is 11.0. The van der Waals surface area contributed by atoms with Crippen molar-refractivity contribution in [1.82, 2.24) is 5.32 Å². The maximum atomic E-state index is 8.41. The summed E-state index contributed by atoms with van der Waals surface area (Å²) in [5.41, 5.74) is 5.42. The Kier molecular flexibility index (Phi) is 7.14. The molecule has 84 valence electrons. The normalized spacial score (nSPS) is 16.6. The summed E-state index contributed by atoms with van der Waals surface area (Å²) in [6.45, 7) is 4.82. The van der Waals surface area contributed by atoms with Crippen molar-refractivity contribution in [1.29, 1.82) is 0 Å². The van der Waals surface area contributed by atoms with Crippen LogP contribution < -0.4 is 11.1 Å². The topological polar surface area (TPSA) is 79.9 Å². The van der Waals surface area contributed by atoms with Crippen LogP contribution in [-0.2, 0) is 4.74 Å². The zero-order valence-electron chi connectivity index (χ0n) is 9.16. The smallest absolute Gasteiger partial charge is 0.140 e. The lowest BCUT2D eigenvalue weighted by molar-refractivity contribution is 0.114. The Hall–Kier alpha value is -0.810. The summed E-state index contributed by atoms with van der Waals surface area (Å²) in [5, 5.41) is 14.6. The summed E-state index contributed by atoms with van der Waals surface area (Å²) in [5.74, 6) is 0.259. The van der Waals surface area contributed by atoms with Crippen LogP contribution in [0.15, 0.2) is 5.16 Å². The van der Waals surface area contributed by atoms with Crippen molar-refractivity contribution in [3.8, 4) is 0 Å². The van der Waals surface area contributed by atoms with Gasteiger partial charge in [0.15, 0.2) is 0 Å². The maximum absolute atomic E-state index is 8.41. The van der Waals surface area contributed by atoms with Crippen LogP contribution in [0.2, 0.25) is 0 Å². The number of oxime groups is 1. The first-order valence-electron chi connectivity index (χ1n) is 4.86. The Morgan fingerprint density at radius 1 is 1.64 bits per heavy atom. The molecule has 0 amide bonds. The summed E-state index contributed by atoms with van der Waals surface area (Å²) in [6.07, 6.45) is 1.67. The Morgan fingerprint density at radius 2 is 2.29 bits per heavy atom. The molecule has 14 heavy (non-hydrogen) atoms. The number of nitrogens with one attached hydrogen (secondary N) is 1. The molecule has 2 unspecified atom stereocenters. The van der Waals surface area contributed by atoms with Crippen molar-refractivity contribution >= 4 is 5.84 Å². The second-order valence-corrected chi connectivity index (χ2v) is 3.36. The van der Waals surface area contributed by atoms with Crippen LogP contribution in [0.3, 0.4) is 0 Å². The van der Waals surface area contributed by atoms with E-state index >= 15 is 0 Å². The number of nitrogens with two attached hydrogens (primary N) is 1. The molecule has 0 aliphatic rings. The molecule has 0 saturated heterocycles. The van der Waals surface area contributed by atoms with E-state index in [-0.39, 0.29) is 18.0 Å². The van der Waals surface area contributed by atoms with Crippen LogP contribution in [0.25, 0.3) is 0 Å². The molecular weight excluding hydrogens is 182 g/mol. The van der Waals surface area contributed by atoms with Gasteiger partial charge < -0.3 is 21.0 Å². The van der Waals surface area contributed by atoms with E-state index in [0.717, 1.165) is 13.0 Å². The molecule has 0 bridgehead atoms. The summed E-state index contributed by atoms with van der Waals surface area (Å²) in [6, 6.07) is 0.239. The summed E-state index contributed by atoms with van der Waals surface area (Å²) in [7, 11) is 1.68. The number of ether oxygens (including phenoxy) is 1. The predicted octanol–water partition coefficient (Wildman–Crippen LogP) is 0.526. The van der Waals surface area contributed by atoms with Gasteiger partial charge in [-0.05, 0) is 13.3 Å². The highest BCUT2D eigenvalue weighted by atomic mass is 16.5. The molecule has 5 nitrogen and oxygen atoms in total. The molecule has 0 radical (unpaired) electrons. The van der Waals surface area contributed by atoms with Gasteiger partial charge in [0.1, 0.15) is 5.84 Å². The van der Waals surface area contributed by atoms with Crippen molar-refractivity contribution in [2.24, 2.45) is 10.9 Å². The minimum Gasteiger partial charge on any atom is -0.409 e. The lowest BCUT2D eigenvalue weighted by Crippen LogP contribution is -2.37. The highest BCUT2D eigenvalue weighted by Crippen LogP contribution is 1.98. The minimum atomic E-state index is 0.177. The molecule has 0 aromatic carbocycles. The molecule has 2 atom stereocenters. The molecule has 0 heterocycles. The van der Waals surface area contributed by atoms with E-state index in [0.29, 0.717) is 6.42 Å². The number of amidine groups is 1. The van der Waals surface area contributed by atoms with Crippen molar-refractivity contribution < 1.29 is 9.94 Å². The lowest BCUT2D eigenvalue weighted by atomic mass is 10.1. The Balaban J connectivity index is 3.79. The average Bonchev–Trinajstić information content (AvgIpc) is 2.22. The number of methoxy groups -OCH3 is 1. The molecule has 0 aliphatic heterocycles. The van der Waals surface area contributed by atoms with Gasteiger partial charge >= 0.3 is 0 Å². The number of hydrogen-bond donors (Lipinski definition) is 3. The Morgan fingerprint density at radius 3 is 2.71 bits per heavy atom. The fourth-order valence-electron chi connectivity index (χ4n) is 1.07. The molecule has 0 aliphatic carbocycles. The van der Waals surface area contributed by atoms with Crippen LogP contribution in [0.4, 0.5) is 0 Å². The zero-order valence-corrected chi connectivity index (χ0v) is 9.16. The fraction of sp³-hybridized carbons (Fsp3) is 0.889. The van der Waals surface area contributed by atoms with E-state index in [1.54, 1.807) is 7.11 Å². The van der Waals surface area contributed by atoms with Gasteiger partial charge in [0.25, 0.3) is 0 Å². The third-order valence-electron chi connectivity index (χ3n) is 2.17. The van der Waals surface area contributed by atoms with Gasteiger partial charge in [-0.25, -0.2) is 0 Å². The van der Waals surface area contributed by atoms with Gasteiger partial charge in [-0.1, -0.05) is 12.1 Å². The number of rotatable bonds is 7. The highest BCUT2D eigenvalue weighted by Gasteiger charge is 2.09. The fourth-order valence-corrected chi connectivity index (χ4v) is 1.07. The van der Waals surface area contributed by atoms with Gasteiger partial charge in [-0.15, -0.1) is 0 Å². The second kappa shape index (κ2) is 7.58. The van der Waals surface area contributed by atoms with E-state index in [1.807, 2.05) is 6.92 Å². The van der Waals surface area contributed by atoms with Crippen LogP contribution >= 0.6 is 0 Å². The van der Waals surface area contributed by atoms with Crippen LogP contribution in [-0.4, -0.2) is 36.8 Å². The quantitative estimate of drug-likeness (QED) is 0.244. The van der Waals surface area contributed by atoms with E-state index in [2.05, 4.69) is 17.4 Å². The first-order chi connectivity index (χ1) is 6.63. The Bertz CT molecular complexity index is 173. The average molecular weight is 203 g/mol. The van der Waals surface area contributed by atoms with E-state index in [4.69, 9.17) is 15.7 Å². The highest BCUT2D eigenvalue weighted by molar-refractivity contribution is 5.80. The third kappa shape index (κ3) is 5.77. The molecule has 0 aromatic heterocycles. The van der Waals surface area contributed by atoms with Crippen LogP contribution in [0.1, 0.15) is 26.7 Å². The molecule has 0 aromatic rings. The van der Waals surface area contributed by atoms with E-state index < -0.39 is 0 Å². The predicted molar refractivity (Wildman–Crippen MR) is 56.6 cm³/mol. The van der Waals surface area contributed by atoms with Gasteiger partial charge in [-0.2, -0.15) is 0 Å². The molecule has 5 heteroatoms. The van der Waals surface area contributed by atoms with Crippen molar-refractivity contribution in [3.63, 3.8) is 0 Å². The molecule has 0 fully saturated rings. The van der Waals surface area contributed by atoms with Gasteiger partial charge in [0.05, 0.1) is 6.10 Å². The van der Waals surface area contributed by atoms with Gasteiger partial charge in [-0.3, -0.25) is 0 Å². The SMILES string of the molecule is CCC(CC(N)=NO)NCC(C)OC. The standard InChI is InChI=1S/C9H21N3O2/c1-4-8(5-9(10)12-13)11-6-7(2)14-3/h7-8,11,13H,4-6H2,1-3H3,(H2,10,12). The second-order valence-electron chi connectivity index (χ2n) is 3.36.